The SMILES string of the molecule is O=C(O)c1nc(N2CCCCC2CCO)ccc1Cl. The van der Waals surface area contributed by atoms with Crippen LogP contribution in [0.4, 0.5) is 5.82 Å². The van der Waals surface area contributed by atoms with Gasteiger partial charge in [-0.05, 0) is 37.8 Å². The molecule has 1 unspecified atom stereocenters. The Bertz CT molecular complexity index is 465. The molecule has 1 aliphatic heterocycles. The van der Waals surface area contributed by atoms with Gasteiger partial charge in [0.1, 0.15) is 5.82 Å². The zero-order chi connectivity index (χ0) is 13.8. The van der Waals surface area contributed by atoms with Crippen LogP contribution in [-0.4, -0.2) is 40.4 Å². The maximum absolute atomic E-state index is 11.1. The molecule has 0 saturated carbocycles. The first-order valence-corrected chi connectivity index (χ1v) is 6.78. The summed E-state index contributed by atoms with van der Waals surface area (Å²) in [5, 5.41) is 18.3. The van der Waals surface area contributed by atoms with Gasteiger partial charge in [0.05, 0.1) is 5.02 Å². The van der Waals surface area contributed by atoms with Crippen LogP contribution in [0.25, 0.3) is 0 Å². The van der Waals surface area contributed by atoms with E-state index in [9.17, 15) is 4.79 Å². The molecule has 1 aromatic heterocycles. The lowest BCUT2D eigenvalue weighted by atomic mass is 9.99. The monoisotopic (exact) mass is 284 g/mol. The zero-order valence-electron chi connectivity index (χ0n) is 10.5. The van der Waals surface area contributed by atoms with Crippen molar-refractivity contribution in [1.29, 1.82) is 0 Å². The zero-order valence-corrected chi connectivity index (χ0v) is 11.3. The van der Waals surface area contributed by atoms with Crippen LogP contribution < -0.4 is 4.90 Å². The normalized spacial score (nSPS) is 19.5. The van der Waals surface area contributed by atoms with Gasteiger partial charge in [0, 0.05) is 19.2 Å². The van der Waals surface area contributed by atoms with Crippen molar-refractivity contribution in [2.75, 3.05) is 18.1 Å². The second-order valence-electron chi connectivity index (χ2n) is 4.66. The van der Waals surface area contributed by atoms with Gasteiger partial charge in [-0.25, -0.2) is 9.78 Å². The molecular formula is C13H17ClN2O3. The number of carboxylic acids is 1. The predicted octanol–water partition coefficient (Wildman–Crippen LogP) is 2.17. The summed E-state index contributed by atoms with van der Waals surface area (Å²) < 4.78 is 0. The lowest BCUT2D eigenvalue weighted by Gasteiger charge is -2.36. The number of carbonyl (C=O) groups is 1. The summed E-state index contributed by atoms with van der Waals surface area (Å²) in [4.78, 5) is 17.3. The molecule has 0 spiro atoms. The molecule has 6 heteroatoms. The Labute approximate surface area is 116 Å². The van der Waals surface area contributed by atoms with Gasteiger partial charge in [0.25, 0.3) is 0 Å². The number of carboxylic acid groups (broad SMARTS) is 1. The van der Waals surface area contributed by atoms with E-state index < -0.39 is 5.97 Å². The summed E-state index contributed by atoms with van der Waals surface area (Å²) in [7, 11) is 0. The van der Waals surface area contributed by atoms with Crippen LogP contribution in [0.1, 0.15) is 36.2 Å². The van der Waals surface area contributed by atoms with Gasteiger partial charge in [-0.2, -0.15) is 0 Å². The maximum atomic E-state index is 11.1. The number of piperidine rings is 1. The molecule has 0 bridgehead atoms. The van der Waals surface area contributed by atoms with E-state index >= 15 is 0 Å². The fraction of sp³-hybridized carbons (Fsp3) is 0.538. The average Bonchev–Trinajstić information content (AvgIpc) is 2.40. The third-order valence-electron chi connectivity index (χ3n) is 3.42. The van der Waals surface area contributed by atoms with Crippen molar-refractivity contribution in [1.82, 2.24) is 4.98 Å². The Morgan fingerprint density at radius 1 is 1.47 bits per heavy atom. The van der Waals surface area contributed by atoms with Crippen LogP contribution in [0, 0.1) is 0 Å². The summed E-state index contributed by atoms with van der Waals surface area (Å²) in [5.74, 6) is -0.498. The molecule has 2 N–H and O–H groups in total. The highest BCUT2D eigenvalue weighted by atomic mass is 35.5. The maximum Gasteiger partial charge on any atom is 0.356 e. The summed E-state index contributed by atoms with van der Waals surface area (Å²) >= 11 is 5.83. The second kappa shape index (κ2) is 6.21. The van der Waals surface area contributed by atoms with E-state index in [-0.39, 0.29) is 23.4 Å². The van der Waals surface area contributed by atoms with E-state index in [0.717, 1.165) is 25.8 Å². The number of aromatic carboxylic acids is 1. The Kier molecular flexibility index (Phi) is 4.61. The standard InChI is InChI=1S/C13H17ClN2O3/c14-10-4-5-11(15-12(10)13(18)19)16-7-2-1-3-9(16)6-8-17/h4-5,9,17H,1-3,6-8H2,(H,18,19). The first kappa shape index (κ1) is 14.1. The van der Waals surface area contributed by atoms with Crippen LogP contribution in [0.15, 0.2) is 12.1 Å². The van der Waals surface area contributed by atoms with E-state index in [1.165, 1.54) is 0 Å². The summed E-state index contributed by atoms with van der Waals surface area (Å²) in [6.45, 7) is 0.957. The summed E-state index contributed by atoms with van der Waals surface area (Å²) in [6.07, 6.45) is 3.84. The van der Waals surface area contributed by atoms with Crippen LogP contribution in [0.5, 0.6) is 0 Å². The summed E-state index contributed by atoms with van der Waals surface area (Å²) in [6, 6.07) is 3.52. The van der Waals surface area contributed by atoms with Gasteiger partial charge in [-0.3, -0.25) is 0 Å². The number of aliphatic hydroxyl groups is 1. The van der Waals surface area contributed by atoms with Crippen LogP contribution in [0.3, 0.4) is 0 Å². The number of nitrogens with zero attached hydrogens (tertiary/aromatic N) is 2. The fourth-order valence-corrected chi connectivity index (χ4v) is 2.68. The molecule has 0 radical (unpaired) electrons. The van der Waals surface area contributed by atoms with E-state index in [0.29, 0.717) is 12.2 Å². The molecule has 0 aliphatic carbocycles. The van der Waals surface area contributed by atoms with Crippen LogP contribution in [-0.2, 0) is 0 Å². The fourth-order valence-electron chi connectivity index (χ4n) is 2.49. The molecule has 5 nitrogen and oxygen atoms in total. The third kappa shape index (κ3) is 3.16. The minimum atomic E-state index is -1.12. The molecule has 1 saturated heterocycles. The largest absolute Gasteiger partial charge is 0.476 e. The van der Waals surface area contributed by atoms with Crippen molar-refractivity contribution in [3.63, 3.8) is 0 Å². The Balaban J connectivity index is 2.28. The predicted molar refractivity (Wildman–Crippen MR) is 72.9 cm³/mol. The van der Waals surface area contributed by atoms with Crippen molar-refractivity contribution < 1.29 is 15.0 Å². The topological polar surface area (TPSA) is 73.7 Å². The number of hydrogen-bond donors (Lipinski definition) is 2. The van der Waals surface area contributed by atoms with Gasteiger partial charge in [0.15, 0.2) is 5.69 Å². The summed E-state index contributed by atoms with van der Waals surface area (Å²) in [5.41, 5.74) is -0.118. The molecule has 19 heavy (non-hydrogen) atoms. The van der Waals surface area contributed by atoms with Gasteiger partial charge in [0.2, 0.25) is 0 Å². The molecule has 1 aromatic rings. The van der Waals surface area contributed by atoms with E-state index in [4.69, 9.17) is 21.8 Å². The molecule has 2 heterocycles. The molecule has 1 fully saturated rings. The Morgan fingerprint density at radius 2 is 2.26 bits per heavy atom. The Morgan fingerprint density at radius 3 is 2.95 bits per heavy atom. The number of anilines is 1. The molecule has 0 amide bonds. The lowest BCUT2D eigenvalue weighted by Crippen LogP contribution is -2.40. The number of aliphatic hydroxyl groups excluding tert-OH is 1. The van der Waals surface area contributed by atoms with Crippen molar-refractivity contribution in [3.05, 3.63) is 22.8 Å². The van der Waals surface area contributed by atoms with Crippen molar-refractivity contribution >= 4 is 23.4 Å². The van der Waals surface area contributed by atoms with Gasteiger partial charge in [-0.1, -0.05) is 11.6 Å². The quantitative estimate of drug-likeness (QED) is 0.886. The second-order valence-corrected chi connectivity index (χ2v) is 5.07. The first-order valence-electron chi connectivity index (χ1n) is 6.41. The van der Waals surface area contributed by atoms with E-state index in [1.807, 2.05) is 0 Å². The molecule has 1 atom stereocenters. The molecule has 104 valence electrons. The highest BCUT2D eigenvalue weighted by Gasteiger charge is 2.24. The Hall–Kier alpha value is -1.33. The highest BCUT2D eigenvalue weighted by molar-refractivity contribution is 6.33. The van der Waals surface area contributed by atoms with Crippen molar-refractivity contribution in [3.8, 4) is 0 Å². The first-order chi connectivity index (χ1) is 9.13. The number of halogens is 1. The van der Waals surface area contributed by atoms with Crippen LogP contribution >= 0.6 is 11.6 Å². The number of pyridine rings is 1. The number of hydrogen-bond acceptors (Lipinski definition) is 4. The number of rotatable bonds is 4. The highest BCUT2D eigenvalue weighted by Crippen LogP contribution is 2.27. The third-order valence-corrected chi connectivity index (χ3v) is 3.72. The minimum absolute atomic E-state index is 0.118. The van der Waals surface area contributed by atoms with E-state index in [2.05, 4.69) is 9.88 Å². The van der Waals surface area contributed by atoms with Crippen molar-refractivity contribution in [2.24, 2.45) is 0 Å². The smallest absolute Gasteiger partial charge is 0.356 e. The average molecular weight is 285 g/mol. The molecular weight excluding hydrogens is 268 g/mol. The van der Waals surface area contributed by atoms with E-state index in [1.54, 1.807) is 12.1 Å². The number of aromatic nitrogens is 1. The molecule has 2 rings (SSSR count). The van der Waals surface area contributed by atoms with Crippen LogP contribution in [0.2, 0.25) is 5.02 Å². The molecule has 0 aromatic carbocycles. The van der Waals surface area contributed by atoms with Gasteiger partial charge < -0.3 is 15.1 Å². The van der Waals surface area contributed by atoms with Gasteiger partial charge >= 0.3 is 5.97 Å². The minimum Gasteiger partial charge on any atom is -0.476 e. The lowest BCUT2D eigenvalue weighted by molar-refractivity contribution is 0.0690. The van der Waals surface area contributed by atoms with Gasteiger partial charge in [-0.15, -0.1) is 0 Å². The molecule has 1 aliphatic rings. The van der Waals surface area contributed by atoms with Crippen molar-refractivity contribution in [2.45, 2.75) is 31.7 Å².